The van der Waals surface area contributed by atoms with Gasteiger partial charge >= 0.3 is 0 Å². The zero-order valence-corrected chi connectivity index (χ0v) is 20.1. The van der Waals surface area contributed by atoms with Gasteiger partial charge in [-0.15, -0.1) is 11.3 Å². The van der Waals surface area contributed by atoms with Gasteiger partial charge in [-0.2, -0.15) is 5.26 Å². The molecule has 1 aromatic heterocycles. The van der Waals surface area contributed by atoms with Crippen molar-refractivity contribution in [2.45, 2.75) is 16.2 Å². The first kappa shape index (κ1) is 24.5. The summed E-state index contributed by atoms with van der Waals surface area (Å²) >= 11 is 2.24. The maximum Gasteiger partial charge on any atom is 0.283 e. The summed E-state index contributed by atoms with van der Waals surface area (Å²) in [5.74, 6) is -0.632. The second kappa shape index (κ2) is 10.3. The minimum Gasteiger partial charge on any atom is -0.321 e. The number of carbonyl (C=O) groups is 1. The summed E-state index contributed by atoms with van der Waals surface area (Å²) in [7, 11) is 0. The van der Waals surface area contributed by atoms with Gasteiger partial charge in [0.1, 0.15) is 11.6 Å². The molecule has 0 aliphatic rings. The topological polar surface area (TPSA) is 152 Å². The first-order valence-electron chi connectivity index (χ1n) is 10.2. The average molecular weight is 518 g/mol. The van der Waals surface area contributed by atoms with Gasteiger partial charge in [-0.1, -0.05) is 30.0 Å². The number of aromatic nitrogens is 1. The van der Waals surface area contributed by atoms with Crippen molar-refractivity contribution in [3.05, 3.63) is 97.6 Å². The molecule has 4 aromatic rings. The van der Waals surface area contributed by atoms with Gasteiger partial charge in [-0.3, -0.25) is 25.0 Å². The summed E-state index contributed by atoms with van der Waals surface area (Å²) in [6.45, 7) is 1.87. The number of nitro groups is 2. The molecule has 0 radical (unpaired) electrons. The van der Waals surface area contributed by atoms with E-state index in [1.54, 1.807) is 24.3 Å². The third-order valence-electron chi connectivity index (χ3n) is 4.89. The number of nitro benzene ring substituents is 2. The highest BCUT2D eigenvalue weighted by Gasteiger charge is 2.19. The molecule has 12 heteroatoms. The van der Waals surface area contributed by atoms with E-state index in [1.165, 1.54) is 47.7 Å². The molecule has 0 saturated carbocycles. The number of carbonyl (C=O) groups excluding carboxylic acids is 1. The predicted molar refractivity (Wildman–Crippen MR) is 137 cm³/mol. The fraction of sp³-hybridized carbons (Fsp3) is 0.0417. The van der Waals surface area contributed by atoms with Gasteiger partial charge in [0.05, 0.1) is 25.0 Å². The van der Waals surface area contributed by atoms with E-state index in [9.17, 15) is 30.3 Å². The number of rotatable bonds is 7. The Morgan fingerprint density at radius 1 is 1.11 bits per heavy atom. The Hall–Kier alpha value is -4.60. The minimum absolute atomic E-state index is 0.0652. The van der Waals surface area contributed by atoms with E-state index in [2.05, 4.69) is 10.3 Å². The number of nitrogens with zero attached hydrogens (tertiary/aromatic N) is 4. The SMILES string of the molecule is Cc1cccc(NC(=O)/C(C#N)=C/c2ccc(Sc3nc4ccc([N+](=O)[O-])cc4s3)c([N+](=O)[O-])c2)c1. The number of non-ortho nitro benzene ring substituents is 1. The minimum atomic E-state index is -0.632. The molecule has 178 valence electrons. The lowest BCUT2D eigenvalue weighted by atomic mass is 10.1. The molecule has 10 nitrogen and oxygen atoms in total. The van der Waals surface area contributed by atoms with E-state index >= 15 is 0 Å². The van der Waals surface area contributed by atoms with Crippen LogP contribution in [0.5, 0.6) is 0 Å². The number of nitriles is 1. The van der Waals surface area contributed by atoms with Crippen LogP contribution in [-0.4, -0.2) is 20.7 Å². The average Bonchev–Trinajstić information content (AvgIpc) is 3.24. The largest absolute Gasteiger partial charge is 0.321 e. The molecule has 0 bridgehead atoms. The molecule has 3 aromatic carbocycles. The van der Waals surface area contributed by atoms with Gasteiger partial charge in [0, 0.05) is 23.9 Å². The molecule has 36 heavy (non-hydrogen) atoms. The maximum absolute atomic E-state index is 12.5. The summed E-state index contributed by atoms with van der Waals surface area (Å²) in [5, 5.41) is 34.9. The Balaban J connectivity index is 1.60. The lowest BCUT2D eigenvalue weighted by molar-refractivity contribution is -0.387. The van der Waals surface area contributed by atoms with Crippen LogP contribution in [-0.2, 0) is 4.79 Å². The second-order valence-corrected chi connectivity index (χ2v) is 9.79. The van der Waals surface area contributed by atoms with Crippen molar-refractivity contribution in [2.24, 2.45) is 0 Å². The highest BCUT2D eigenvalue weighted by atomic mass is 32.2. The van der Waals surface area contributed by atoms with Crippen LogP contribution in [0.3, 0.4) is 0 Å². The first-order valence-corrected chi connectivity index (χ1v) is 11.9. The number of aryl methyl sites for hydroxylation is 1. The smallest absolute Gasteiger partial charge is 0.283 e. The van der Waals surface area contributed by atoms with Crippen LogP contribution in [0.15, 0.2) is 75.5 Å². The number of fused-ring (bicyclic) bond motifs is 1. The van der Waals surface area contributed by atoms with Crippen LogP contribution < -0.4 is 5.32 Å². The zero-order chi connectivity index (χ0) is 25.8. The second-order valence-electron chi connectivity index (χ2n) is 7.47. The fourth-order valence-electron chi connectivity index (χ4n) is 3.23. The molecule has 0 saturated heterocycles. The zero-order valence-electron chi connectivity index (χ0n) is 18.5. The van der Waals surface area contributed by atoms with Gasteiger partial charge in [-0.25, -0.2) is 4.98 Å². The third-order valence-corrected chi connectivity index (χ3v) is 7.04. The van der Waals surface area contributed by atoms with Crippen molar-refractivity contribution < 1.29 is 14.6 Å². The van der Waals surface area contributed by atoms with Crippen molar-refractivity contribution in [2.75, 3.05) is 5.32 Å². The van der Waals surface area contributed by atoms with E-state index in [0.29, 0.717) is 30.7 Å². The third kappa shape index (κ3) is 5.54. The van der Waals surface area contributed by atoms with Crippen molar-refractivity contribution in [3.63, 3.8) is 0 Å². The molecule has 0 unspecified atom stereocenters. The van der Waals surface area contributed by atoms with Gasteiger partial charge in [0.15, 0.2) is 4.34 Å². The lowest BCUT2D eigenvalue weighted by Crippen LogP contribution is -2.13. The summed E-state index contributed by atoms with van der Waals surface area (Å²) in [6, 6.07) is 17.6. The summed E-state index contributed by atoms with van der Waals surface area (Å²) in [5.41, 5.74) is 1.82. The fourth-order valence-corrected chi connectivity index (χ4v) is 5.37. The molecular formula is C24H15N5O5S2. The van der Waals surface area contributed by atoms with Crippen molar-refractivity contribution in [1.82, 2.24) is 4.98 Å². The standard InChI is InChI=1S/C24H15N5O5S2/c1-14-3-2-4-17(9-14)26-23(30)16(13-25)10-15-5-8-21(20(11-15)29(33)34)35-24-27-19-7-6-18(28(31)32)12-22(19)36-24/h2-12H,1H3,(H,26,30)/b16-10+. The van der Waals surface area contributed by atoms with Crippen LogP contribution in [0.25, 0.3) is 16.3 Å². The normalized spacial score (nSPS) is 11.2. The molecule has 4 rings (SSSR count). The first-order chi connectivity index (χ1) is 17.2. The molecule has 0 aliphatic carbocycles. The van der Waals surface area contributed by atoms with Crippen molar-refractivity contribution in [3.8, 4) is 6.07 Å². The van der Waals surface area contributed by atoms with E-state index in [1.807, 2.05) is 19.1 Å². The molecule has 1 amide bonds. The van der Waals surface area contributed by atoms with E-state index < -0.39 is 15.8 Å². The van der Waals surface area contributed by atoms with E-state index in [-0.39, 0.29) is 16.9 Å². The highest BCUT2D eigenvalue weighted by molar-refractivity contribution is 8.01. The lowest BCUT2D eigenvalue weighted by Gasteiger charge is -2.06. The number of nitrogens with one attached hydrogen (secondary N) is 1. The quantitative estimate of drug-likeness (QED) is 0.133. The number of anilines is 1. The molecular weight excluding hydrogens is 502 g/mol. The number of benzene rings is 3. The van der Waals surface area contributed by atoms with E-state index in [4.69, 9.17) is 0 Å². The van der Waals surface area contributed by atoms with Crippen LogP contribution >= 0.6 is 23.1 Å². The van der Waals surface area contributed by atoms with Crippen LogP contribution in [0.2, 0.25) is 0 Å². The Kier molecular flexibility index (Phi) is 7.05. The molecule has 0 atom stereocenters. The van der Waals surface area contributed by atoms with Crippen LogP contribution in [0, 0.1) is 38.5 Å². The van der Waals surface area contributed by atoms with Gasteiger partial charge in [0.25, 0.3) is 17.3 Å². The van der Waals surface area contributed by atoms with Crippen molar-refractivity contribution in [1.29, 1.82) is 5.26 Å². The monoisotopic (exact) mass is 517 g/mol. The van der Waals surface area contributed by atoms with Gasteiger partial charge in [-0.05, 0) is 48.4 Å². The summed E-state index contributed by atoms with van der Waals surface area (Å²) in [6.07, 6.45) is 1.28. The number of hydrogen-bond donors (Lipinski definition) is 1. The Bertz CT molecular complexity index is 1610. The predicted octanol–water partition coefficient (Wildman–Crippen LogP) is 6.12. The Morgan fingerprint density at radius 2 is 1.92 bits per heavy atom. The van der Waals surface area contributed by atoms with Crippen molar-refractivity contribution >= 4 is 62.4 Å². The highest BCUT2D eigenvalue weighted by Crippen LogP contribution is 2.40. The Labute approximate surface area is 212 Å². The molecule has 0 aliphatic heterocycles. The van der Waals surface area contributed by atoms with E-state index in [0.717, 1.165) is 17.3 Å². The van der Waals surface area contributed by atoms with Gasteiger partial charge < -0.3 is 5.32 Å². The molecule has 0 fully saturated rings. The summed E-state index contributed by atoms with van der Waals surface area (Å²) < 4.78 is 1.07. The maximum atomic E-state index is 12.5. The summed E-state index contributed by atoms with van der Waals surface area (Å²) in [4.78, 5) is 38.9. The van der Waals surface area contributed by atoms with Crippen LogP contribution in [0.4, 0.5) is 17.1 Å². The number of thiazole rings is 1. The molecule has 0 spiro atoms. The molecule has 1 N–H and O–H groups in total. The molecule has 1 heterocycles. The Morgan fingerprint density at radius 3 is 2.61 bits per heavy atom. The van der Waals surface area contributed by atoms with Gasteiger partial charge in [0.2, 0.25) is 0 Å². The number of amides is 1. The van der Waals surface area contributed by atoms with Crippen LogP contribution in [0.1, 0.15) is 11.1 Å². The number of hydrogen-bond acceptors (Lipinski definition) is 9.